The highest BCUT2D eigenvalue weighted by molar-refractivity contribution is 6.27. The maximum absolute atomic E-state index is 14.2. The van der Waals surface area contributed by atoms with Crippen LogP contribution >= 0.6 is 11.6 Å². The van der Waals surface area contributed by atoms with Gasteiger partial charge in [0.2, 0.25) is 17.7 Å². The first-order valence-corrected chi connectivity index (χ1v) is 9.53. The van der Waals surface area contributed by atoms with Crippen LogP contribution in [0.3, 0.4) is 0 Å². The Bertz CT molecular complexity index is 711. The van der Waals surface area contributed by atoms with Gasteiger partial charge >= 0.3 is 0 Å². The minimum absolute atomic E-state index is 0.00360. The Labute approximate surface area is 163 Å². The van der Waals surface area contributed by atoms with Gasteiger partial charge in [-0.15, -0.1) is 11.6 Å². The predicted molar refractivity (Wildman–Crippen MR) is 100 cm³/mol. The van der Waals surface area contributed by atoms with Crippen molar-refractivity contribution in [3.63, 3.8) is 0 Å². The Morgan fingerprint density at radius 2 is 2.00 bits per heavy atom. The van der Waals surface area contributed by atoms with Crippen LogP contribution in [0.15, 0.2) is 18.2 Å². The van der Waals surface area contributed by atoms with Crippen LogP contribution in [0.4, 0.5) is 4.39 Å². The first-order valence-electron chi connectivity index (χ1n) is 8.99. The second-order valence-corrected chi connectivity index (χ2v) is 7.31. The summed E-state index contributed by atoms with van der Waals surface area (Å²) in [6.07, 6.45) is 1.24. The molecule has 2 atom stereocenters. The van der Waals surface area contributed by atoms with Crippen LogP contribution in [0.1, 0.15) is 37.8 Å². The van der Waals surface area contributed by atoms with E-state index in [2.05, 4.69) is 16.0 Å². The molecule has 2 rings (SSSR count). The molecule has 1 aliphatic heterocycles. The van der Waals surface area contributed by atoms with Gasteiger partial charge in [-0.3, -0.25) is 14.4 Å². The maximum atomic E-state index is 14.2. The van der Waals surface area contributed by atoms with E-state index >= 15 is 0 Å². The Morgan fingerprint density at radius 1 is 1.26 bits per heavy atom. The highest BCUT2D eigenvalue weighted by Crippen LogP contribution is 2.20. The molecule has 2 unspecified atom stereocenters. The number of halogens is 2. The molecule has 8 heteroatoms. The number of rotatable bonds is 7. The summed E-state index contributed by atoms with van der Waals surface area (Å²) in [5.41, 5.74) is 0.902. The highest BCUT2D eigenvalue weighted by atomic mass is 35.5. The Balaban J connectivity index is 1.88. The van der Waals surface area contributed by atoms with Crippen molar-refractivity contribution in [2.75, 3.05) is 5.88 Å². The highest BCUT2D eigenvalue weighted by Gasteiger charge is 2.34. The van der Waals surface area contributed by atoms with E-state index in [1.807, 2.05) is 13.8 Å². The van der Waals surface area contributed by atoms with E-state index in [4.69, 9.17) is 11.6 Å². The summed E-state index contributed by atoms with van der Waals surface area (Å²) in [5.74, 6) is -2.07. The molecule has 1 aliphatic rings. The van der Waals surface area contributed by atoms with E-state index in [-0.39, 0.29) is 36.8 Å². The first-order chi connectivity index (χ1) is 12.8. The summed E-state index contributed by atoms with van der Waals surface area (Å²) >= 11 is 5.39. The monoisotopic (exact) mass is 397 g/mol. The summed E-state index contributed by atoms with van der Waals surface area (Å²) in [5, 5.41) is 8.06. The third kappa shape index (κ3) is 5.92. The van der Waals surface area contributed by atoms with Crippen molar-refractivity contribution in [2.45, 2.75) is 45.8 Å². The quantitative estimate of drug-likeness (QED) is 0.484. The SMILES string of the molecule is CC(C)C1CCC(C(=O)NCc2ccc(CNC(=O)CCl)cc2F)C(=O)N1. The van der Waals surface area contributed by atoms with Crippen molar-refractivity contribution in [2.24, 2.45) is 11.8 Å². The van der Waals surface area contributed by atoms with Crippen LogP contribution in [0.25, 0.3) is 0 Å². The van der Waals surface area contributed by atoms with Gasteiger partial charge in [0.05, 0.1) is 0 Å². The number of alkyl halides is 1. The number of benzene rings is 1. The van der Waals surface area contributed by atoms with Crippen molar-refractivity contribution >= 4 is 29.3 Å². The lowest BCUT2D eigenvalue weighted by Crippen LogP contribution is -2.51. The molecule has 1 aromatic rings. The largest absolute Gasteiger partial charge is 0.352 e. The van der Waals surface area contributed by atoms with Crippen molar-refractivity contribution < 1.29 is 18.8 Å². The molecule has 0 bridgehead atoms. The summed E-state index contributed by atoms with van der Waals surface area (Å²) in [6, 6.07) is 4.61. The van der Waals surface area contributed by atoms with E-state index in [0.29, 0.717) is 23.5 Å². The van der Waals surface area contributed by atoms with Crippen LogP contribution in [0, 0.1) is 17.7 Å². The zero-order chi connectivity index (χ0) is 20.0. The number of piperidine rings is 1. The van der Waals surface area contributed by atoms with Gasteiger partial charge in [0.25, 0.3) is 0 Å². The van der Waals surface area contributed by atoms with Crippen LogP contribution in [-0.2, 0) is 27.5 Å². The fourth-order valence-electron chi connectivity index (χ4n) is 2.98. The third-order valence-electron chi connectivity index (χ3n) is 4.71. The smallest absolute Gasteiger partial charge is 0.235 e. The van der Waals surface area contributed by atoms with E-state index in [0.717, 1.165) is 6.42 Å². The van der Waals surface area contributed by atoms with Crippen molar-refractivity contribution in [3.8, 4) is 0 Å². The molecule has 0 spiro atoms. The molecule has 1 saturated heterocycles. The Kier molecular flexibility index (Phi) is 7.59. The Morgan fingerprint density at radius 3 is 2.59 bits per heavy atom. The summed E-state index contributed by atoms with van der Waals surface area (Å²) in [4.78, 5) is 35.6. The number of hydrogen-bond acceptors (Lipinski definition) is 3. The molecule has 27 heavy (non-hydrogen) atoms. The second kappa shape index (κ2) is 9.69. The Hall–Kier alpha value is -2.15. The molecule has 0 aromatic heterocycles. The third-order valence-corrected chi connectivity index (χ3v) is 4.96. The fraction of sp³-hybridized carbons (Fsp3) is 0.526. The molecule has 1 aromatic carbocycles. The van der Waals surface area contributed by atoms with Crippen LogP contribution < -0.4 is 16.0 Å². The second-order valence-electron chi connectivity index (χ2n) is 7.04. The number of carbonyl (C=O) groups excluding carboxylic acids is 3. The van der Waals surface area contributed by atoms with Gasteiger partial charge in [0, 0.05) is 24.7 Å². The first kappa shape index (κ1) is 21.2. The van der Waals surface area contributed by atoms with Gasteiger partial charge < -0.3 is 16.0 Å². The van der Waals surface area contributed by atoms with Crippen LogP contribution in [0.2, 0.25) is 0 Å². The zero-order valence-corrected chi connectivity index (χ0v) is 16.2. The van der Waals surface area contributed by atoms with Crippen molar-refractivity contribution in [3.05, 3.63) is 35.1 Å². The van der Waals surface area contributed by atoms with Gasteiger partial charge in [0.15, 0.2) is 0 Å². The normalized spacial score (nSPS) is 19.5. The molecule has 0 saturated carbocycles. The molecule has 1 heterocycles. The average Bonchev–Trinajstić information content (AvgIpc) is 2.64. The minimum atomic E-state index is -0.743. The van der Waals surface area contributed by atoms with E-state index in [1.54, 1.807) is 12.1 Å². The number of hydrogen-bond donors (Lipinski definition) is 3. The van der Waals surface area contributed by atoms with Crippen LogP contribution in [-0.4, -0.2) is 29.6 Å². The van der Waals surface area contributed by atoms with E-state index in [9.17, 15) is 18.8 Å². The van der Waals surface area contributed by atoms with Gasteiger partial charge in [-0.2, -0.15) is 0 Å². The predicted octanol–water partition coefficient (Wildman–Crippen LogP) is 1.85. The molecule has 6 nitrogen and oxygen atoms in total. The lowest BCUT2D eigenvalue weighted by molar-refractivity contribution is -0.138. The standard InChI is InChI=1S/C19H25ClFN3O3/c1-11(2)16-6-5-14(19(27)24-16)18(26)23-10-13-4-3-12(7-15(13)21)9-22-17(25)8-20/h3-4,7,11,14,16H,5-6,8-10H2,1-2H3,(H,22,25)(H,23,26)(H,24,27). The molecule has 0 aliphatic carbocycles. The van der Waals surface area contributed by atoms with Gasteiger partial charge in [-0.1, -0.05) is 26.0 Å². The van der Waals surface area contributed by atoms with Crippen LogP contribution in [0.5, 0.6) is 0 Å². The average molecular weight is 398 g/mol. The lowest BCUT2D eigenvalue weighted by Gasteiger charge is -2.30. The molecular formula is C19H25ClFN3O3. The summed E-state index contributed by atoms with van der Waals surface area (Å²) in [6.45, 7) is 4.22. The molecule has 3 amide bonds. The van der Waals surface area contributed by atoms with Gasteiger partial charge in [0.1, 0.15) is 17.6 Å². The molecule has 0 radical (unpaired) electrons. The number of amides is 3. The molecule has 3 N–H and O–H groups in total. The number of nitrogens with one attached hydrogen (secondary N) is 3. The molecule has 1 fully saturated rings. The molecular weight excluding hydrogens is 373 g/mol. The molecule has 148 valence electrons. The minimum Gasteiger partial charge on any atom is -0.352 e. The fourth-order valence-corrected chi connectivity index (χ4v) is 3.08. The number of carbonyl (C=O) groups is 3. The summed E-state index contributed by atoms with van der Waals surface area (Å²) in [7, 11) is 0. The van der Waals surface area contributed by atoms with Gasteiger partial charge in [-0.05, 0) is 30.4 Å². The van der Waals surface area contributed by atoms with Crippen molar-refractivity contribution in [1.29, 1.82) is 0 Å². The topological polar surface area (TPSA) is 87.3 Å². The summed E-state index contributed by atoms with van der Waals surface area (Å²) < 4.78 is 14.2. The van der Waals surface area contributed by atoms with Gasteiger partial charge in [-0.25, -0.2) is 4.39 Å². The van der Waals surface area contributed by atoms with E-state index < -0.39 is 17.6 Å². The maximum Gasteiger partial charge on any atom is 0.235 e. The van der Waals surface area contributed by atoms with Crippen molar-refractivity contribution in [1.82, 2.24) is 16.0 Å². The lowest BCUT2D eigenvalue weighted by atomic mass is 9.88. The zero-order valence-electron chi connectivity index (χ0n) is 15.5. The van der Waals surface area contributed by atoms with E-state index in [1.165, 1.54) is 6.07 Å².